The molecule has 11 heteroatoms. The topological polar surface area (TPSA) is 90.9 Å². The number of carbonyl (C=O) groups is 1. The second-order valence-corrected chi connectivity index (χ2v) is 7.52. The van der Waals surface area contributed by atoms with E-state index in [1.165, 1.54) is 28.2 Å². The summed E-state index contributed by atoms with van der Waals surface area (Å²) in [5, 5.41) is 6.59. The molecule has 0 unspecified atom stereocenters. The fraction of sp³-hybridized carbons (Fsp3) is 0.182. The first kappa shape index (κ1) is 22.1. The van der Waals surface area contributed by atoms with Gasteiger partial charge in [0.1, 0.15) is 0 Å². The number of nitrogens with zero attached hydrogens (tertiary/aromatic N) is 4. The molecule has 0 saturated heterocycles. The van der Waals surface area contributed by atoms with E-state index < -0.39 is 28.8 Å². The normalized spacial score (nSPS) is 11.7. The molecule has 0 fully saturated rings. The summed E-state index contributed by atoms with van der Waals surface area (Å²) in [6.07, 6.45) is -4.56. The van der Waals surface area contributed by atoms with Crippen LogP contribution in [0.4, 0.5) is 18.9 Å². The van der Waals surface area contributed by atoms with E-state index >= 15 is 0 Å². The zero-order chi connectivity index (χ0) is 24.1. The molecule has 2 heterocycles. The first-order valence-corrected chi connectivity index (χ1v) is 9.73. The highest BCUT2D eigenvalue weighted by atomic mass is 19.4. The predicted octanol–water partition coefficient (Wildman–Crippen LogP) is 3.00. The van der Waals surface area contributed by atoms with Gasteiger partial charge in [0.25, 0.3) is 5.91 Å². The summed E-state index contributed by atoms with van der Waals surface area (Å²) in [7, 11) is 3.21. The molecule has 0 bridgehead atoms. The van der Waals surface area contributed by atoms with E-state index in [9.17, 15) is 27.6 Å². The summed E-state index contributed by atoms with van der Waals surface area (Å²) in [4.78, 5) is 37.3. The van der Waals surface area contributed by atoms with Crippen molar-refractivity contribution in [3.8, 4) is 5.69 Å². The largest absolute Gasteiger partial charge is 0.416 e. The summed E-state index contributed by atoms with van der Waals surface area (Å²) in [6.45, 7) is 1.50. The van der Waals surface area contributed by atoms with Crippen LogP contribution in [0.1, 0.15) is 21.7 Å². The van der Waals surface area contributed by atoms with Crippen LogP contribution >= 0.6 is 0 Å². The molecule has 33 heavy (non-hydrogen) atoms. The Morgan fingerprint density at radius 1 is 0.970 bits per heavy atom. The Morgan fingerprint density at radius 3 is 2.36 bits per heavy atom. The summed E-state index contributed by atoms with van der Waals surface area (Å²) < 4.78 is 43.3. The number of alkyl halides is 3. The van der Waals surface area contributed by atoms with Crippen LogP contribution in [0.3, 0.4) is 0 Å². The van der Waals surface area contributed by atoms with Crippen LogP contribution in [0.15, 0.2) is 58.1 Å². The lowest BCUT2D eigenvalue weighted by Gasteiger charge is -2.13. The van der Waals surface area contributed by atoms with Gasteiger partial charge in [-0.25, -0.2) is 9.48 Å². The molecule has 0 saturated carbocycles. The third-order valence-corrected chi connectivity index (χ3v) is 5.27. The van der Waals surface area contributed by atoms with Gasteiger partial charge >= 0.3 is 11.9 Å². The van der Waals surface area contributed by atoms with Gasteiger partial charge < -0.3 is 5.32 Å². The van der Waals surface area contributed by atoms with Crippen LogP contribution in [0, 0.1) is 6.92 Å². The first-order valence-electron chi connectivity index (χ1n) is 9.73. The molecule has 170 valence electrons. The third kappa shape index (κ3) is 3.93. The lowest BCUT2D eigenvalue weighted by molar-refractivity contribution is -0.137. The number of benzene rings is 2. The molecule has 0 aliphatic rings. The molecular formula is C22H18F3N5O3. The molecule has 0 atom stereocenters. The number of nitrogens with one attached hydrogen (secondary N) is 1. The summed E-state index contributed by atoms with van der Waals surface area (Å²) in [5.41, 5.74) is -0.430. The minimum atomic E-state index is -4.56. The Hall–Kier alpha value is -4.15. The average Bonchev–Trinajstić information content (AvgIpc) is 2.97. The Kier molecular flexibility index (Phi) is 5.19. The smallest absolute Gasteiger partial charge is 0.320 e. The van der Waals surface area contributed by atoms with E-state index in [1.807, 2.05) is 0 Å². The van der Waals surface area contributed by atoms with Crippen molar-refractivity contribution < 1.29 is 18.0 Å². The summed E-state index contributed by atoms with van der Waals surface area (Å²) in [5.74, 6) is -0.832. The van der Waals surface area contributed by atoms with Crippen molar-refractivity contribution in [3.63, 3.8) is 0 Å². The van der Waals surface area contributed by atoms with E-state index in [2.05, 4.69) is 10.4 Å². The SMILES string of the molecule is Cc1cc(=O)c(C(=O)Nc2ccc3c(c2)n(C)c(=O)n3C)nn1-c1cccc(C(F)(F)F)c1. The lowest BCUT2D eigenvalue weighted by Crippen LogP contribution is -2.27. The van der Waals surface area contributed by atoms with E-state index in [1.54, 1.807) is 32.3 Å². The van der Waals surface area contributed by atoms with Crippen LogP contribution in [0.25, 0.3) is 16.7 Å². The zero-order valence-electron chi connectivity index (χ0n) is 17.8. The predicted molar refractivity (Wildman–Crippen MR) is 116 cm³/mol. The number of aryl methyl sites for hydroxylation is 3. The second kappa shape index (κ2) is 7.76. The van der Waals surface area contributed by atoms with E-state index in [0.717, 1.165) is 22.9 Å². The summed E-state index contributed by atoms with van der Waals surface area (Å²) in [6, 6.07) is 10.3. The minimum absolute atomic E-state index is 0.0529. The minimum Gasteiger partial charge on any atom is -0.320 e. The van der Waals surface area contributed by atoms with Gasteiger partial charge in [-0.05, 0) is 43.3 Å². The monoisotopic (exact) mass is 457 g/mol. The van der Waals surface area contributed by atoms with Gasteiger partial charge in [0.15, 0.2) is 5.69 Å². The van der Waals surface area contributed by atoms with Gasteiger partial charge in [-0.1, -0.05) is 6.07 Å². The number of hydrogen-bond donors (Lipinski definition) is 1. The fourth-order valence-corrected chi connectivity index (χ4v) is 3.55. The van der Waals surface area contributed by atoms with Crippen LogP contribution in [0.2, 0.25) is 0 Å². The van der Waals surface area contributed by atoms with Gasteiger partial charge in [-0.15, -0.1) is 0 Å². The quantitative estimate of drug-likeness (QED) is 0.512. The van der Waals surface area contributed by atoms with E-state index in [-0.39, 0.29) is 17.1 Å². The van der Waals surface area contributed by atoms with Gasteiger partial charge in [0.05, 0.1) is 22.3 Å². The second-order valence-electron chi connectivity index (χ2n) is 7.52. The highest BCUT2D eigenvalue weighted by molar-refractivity contribution is 6.03. The number of hydrogen-bond acceptors (Lipinski definition) is 4. The number of imidazole rings is 1. The Bertz CT molecular complexity index is 1530. The van der Waals surface area contributed by atoms with Gasteiger partial charge in [0.2, 0.25) is 5.43 Å². The maximum atomic E-state index is 13.1. The van der Waals surface area contributed by atoms with Crippen molar-refractivity contribution in [3.05, 3.63) is 86.2 Å². The van der Waals surface area contributed by atoms with Crippen LogP contribution in [-0.4, -0.2) is 24.8 Å². The van der Waals surface area contributed by atoms with Crippen molar-refractivity contribution in [2.75, 3.05) is 5.32 Å². The van der Waals surface area contributed by atoms with Crippen molar-refractivity contribution in [2.24, 2.45) is 14.1 Å². The lowest BCUT2D eigenvalue weighted by atomic mass is 10.2. The van der Waals surface area contributed by atoms with Gasteiger partial charge in [0, 0.05) is 31.5 Å². The Labute approximate surface area is 184 Å². The summed E-state index contributed by atoms with van der Waals surface area (Å²) >= 11 is 0. The molecule has 0 spiro atoms. The molecule has 2 aromatic heterocycles. The highest BCUT2D eigenvalue weighted by Gasteiger charge is 2.30. The van der Waals surface area contributed by atoms with Gasteiger partial charge in [-0.3, -0.25) is 18.7 Å². The molecule has 8 nitrogen and oxygen atoms in total. The van der Waals surface area contributed by atoms with Crippen LogP contribution in [-0.2, 0) is 20.3 Å². The van der Waals surface area contributed by atoms with Crippen LogP contribution in [0.5, 0.6) is 0 Å². The highest BCUT2D eigenvalue weighted by Crippen LogP contribution is 2.30. The molecule has 2 aromatic carbocycles. The Balaban J connectivity index is 1.72. The molecule has 4 aromatic rings. The number of carbonyl (C=O) groups excluding carboxylic acids is 1. The molecular weight excluding hydrogens is 439 g/mol. The number of rotatable bonds is 3. The van der Waals surface area contributed by atoms with E-state index in [4.69, 9.17) is 0 Å². The van der Waals surface area contributed by atoms with Crippen molar-refractivity contribution in [1.82, 2.24) is 18.9 Å². The third-order valence-electron chi connectivity index (χ3n) is 5.27. The fourth-order valence-electron chi connectivity index (χ4n) is 3.55. The maximum Gasteiger partial charge on any atom is 0.416 e. The number of aromatic nitrogens is 4. The molecule has 4 rings (SSSR count). The standard InChI is InChI=1S/C22H18F3N5O3/c1-12-9-18(31)19(27-30(12)15-6-4-5-13(10-15)22(23,24)25)20(32)26-14-7-8-16-17(11-14)29(3)21(33)28(16)2/h4-11H,1-3H3,(H,26,32). The number of anilines is 1. The maximum absolute atomic E-state index is 13.1. The van der Waals surface area contributed by atoms with Crippen molar-refractivity contribution in [1.29, 1.82) is 0 Å². The number of amides is 1. The molecule has 0 aliphatic carbocycles. The number of halogens is 3. The first-order chi connectivity index (χ1) is 15.5. The zero-order valence-corrected chi connectivity index (χ0v) is 17.8. The van der Waals surface area contributed by atoms with E-state index in [0.29, 0.717) is 16.7 Å². The molecule has 0 radical (unpaired) electrons. The molecule has 0 aliphatic heterocycles. The number of fused-ring (bicyclic) bond motifs is 1. The van der Waals surface area contributed by atoms with Crippen molar-refractivity contribution in [2.45, 2.75) is 13.1 Å². The van der Waals surface area contributed by atoms with Crippen molar-refractivity contribution >= 4 is 22.6 Å². The Morgan fingerprint density at radius 2 is 1.67 bits per heavy atom. The molecule has 1 N–H and O–H groups in total. The molecule has 1 amide bonds. The average molecular weight is 457 g/mol. The van der Waals surface area contributed by atoms with Gasteiger partial charge in [-0.2, -0.15) is 18.3 Å². The van der Waals surface area contributed by atoms with Crippen LogP contribution < -0.4 is 16.4 Å².